The zero-order valence-corrected chi connectivity index (χ0v) is 15.9. The fourth-order valence-corrected chi connectivity index (χ4v) is 4.86. The molecule has 7 heteroatoms. The molecule has 6 rings (SSSR count). The lowest BCUT2D eigenvalue weighted by Gasteiger charge is -2.30. The number of hydrogen-bond donors (Lipinski definition) is 0. The van der Waals surface area contributed by atoms with Crippen LogP contribution in [0.3, 0.4) is 0 Å². The van der Waals surface area contributed by atoms with Gasteiger partial charge in [-0.15, -0.1) is 0 Å². The first-order valence-electron chi connectivity index (χ1n) is 9.50. The van der Waals surface area contributed by atoms with Crippen LogP contribution in [0.2, 0.25) is 0 Å². The van der Waals surface area contributed by atoms with E-state index < -0.39 is 4.92 Å². The first-order valence-corrected chi connectivity index (χ1v) is 9.50. The molecule has 0 bridgehead atoms. The molecule has 0 saturated carbocycles. The Balaban J connectivity index is 1.93. The van der Waals surface area contributed by atoms with Crippen molar-refractivity contribution in [2.45, 2.75) is 26.7 Å². The van der Waals surface area contributed by atoms with Gasteiger partial charge < -0.3 is 0 Å². The van der Waals surface area contributed by atoms with Gasteiger partial charge in [0.05, 0.1) is 33.4 Å². The van der Waals surface area contributed by atoms with Gasteiger partial charge in [0.25, 0.3) is 5.69 Å². The molecule has 1 aliphatic rings. The number of hydrogen-bond acceptors (Lipinski definition) is 5. The van der Waals surface area contributed by atoms with Crippen LogP contribution in [-0.2, 0) is 6.42 Å². The van der Waals surface area contributed by atoms with Crippen molar-refractivity contribution in [3.8, 4) is 0 Å². The number of aromatic nitrogens is 3. The Morgan fingerprint density at radius 2 is 1.97 bits per heavy atom. The molecule has 0 saturated heterocycles. The maximum absolute atomic E-state index is 13.3. The minimum absolute atomic E-state index is 0.00571. The van der Waals surface area contributed by atoms with Crippen LogP contribution in [0.15, 0.2) is 36.5 Å². The molecule has 0 atom stereocenters. The number of nitro benzene ring substituents is 1. The average molecular weight is 384 g/mol. The van der Waals surface area contributed by atoms with Crippen molar-refractivity contribution in [1.82, 2.24) is 14.6 Å². The van der Waals surface area contributed by atoms with Crippen LogP contribution in [-0.4, -0.2) is 25.3 Å². The van der Waals surface area contributed by atoms with Gasteiger partial charge in [0.2, 0.25) is 0 Å². The number of Topliss-reactive ketones (excluding diaryl/α,β-unsaturated/α-hetero) is 1. The van der Waals surface area contributed by atoms with Gasteiger partial charge >= 0.3 is 0 Å². The van der Waals surface area contributed by atoms with Gasteiger partial charge in [-0.2, -0.15) is 5.10 Å². The predicted molar refractivity (Wildman–Crippen MR) is 110 cm³/mol. The molecule has 142 valence electrons. The van der Waals surface area contributed by atoms with Gasteiger partial charge in [-0.1, -0.05) is 13.8 Å². The number of benzene rings is 2. The minimum Gasteiger partial charge on any atom is -0.294 e. The third kappa shape index (κ3) is 2.04. The molecule has 0 N–H and O–H groups in total. The van der Waals surface area contributed by atoms with E-state index in [0.29, 0.717) is 23.8 Å². The highest BCUT2D eigenvalue weighted by atomic mass is 16.6. The third-order valence-corrected chi connectivity index (χ3v) is 6.01. The number of rotatable bonds is 1. The van der Waals surface area contributed by atoms with Gasteiger partial charge in [0, 0.05) is 45.7 Å². The molecule has 5 aromatic rings. The standard InChI is InChI=1S/C22H16N4O3/c1-22(2)8-15-19(17(27)9-22)18-13-7-12(26(28)29)4-6-16(13)25-21-11(10-23-25)3-5-14(24-15)20(18)21/h3-7,10H,8-9H2,1-2H3. The van der Waals surface area contributed by atoms with E-state index in [1.54, 1.807) is 22.8 Å². The van der Waals surface area contributed by atoms with Crippen LogP contribution in [0.25, 0.3) is 38.1 Å². The molecule has 2 aromatic carbocycles. The summed E-state index contributed by atoms with van der Waals surface area (Å²) in [6, 6.07) is 8.68. The Hall–Kier alpha value is -3.61. The number of carbonyl (C=O) groups excluding carboxylic acids is 1. The first-order chi connectivity index (χ1) is 13.8. The second-order valence-corrected chi connectivity index (χ2v) is 8.66. The summed E-state index contributed by atoms with van der Waals surface area (Å²) < 4.78 is 1.80. The maximum atomic E-state index is 13.3. The fourth-order valence-electron chi connectivity index (χ4n) is 4.86. The van der Waals surface area contributed by atoms with Crippen LogP contribution in [0, 0.1) is 15.5 Å². The number of fused-ring (bicyclic) bond motifs is 5. The predicted octanol–water partition coefficient (Wildman–Crippen LogP) is 4.69. The van der Waals surface area contributed by atoms with Crippen LogP contribution < -0.4 is 0 Å². The Morgan fingerprint density at radius 3 is 2.76 bits per heavy atom. The van der Waals surface area contributed by atoms with Crippen molar-refractivity contribution in [3.63, 3.8) is 0 Å². The Labute approximate surface area is 164 Å². The lowest BCUT2D eigenvalue weighted by molar-refractivity contribution is -0.384. The van der Waals surface area contributed by atoms with Gasteiger partial charge in [-0.25, -0.2) is 4.52 Å². The summed E-state index contributed by atoms with van der Waals surface area (Å²) in [6.45, 7) is 4.14. The molecule has 0 aliphatic heterocycles. The molecule has 0 spiro atoms. The summed E-state index contributed by atoms with van der Waals surface area (Å²) in [5.41, 5.74) is 3.65. The second-order valence-electron chi connectivity index (χ2n) is 8.66. The molecular formula is C22H16N4O3. The van der Waals surface area contributed by atoms with Gasteiger partial charge in [0.1, 0.15) is 0 Å². The molecule has 1 aliphatic carbocycles. The largest absolute Gasteiger partial charge is 0.294 e. The van der Waals surface area contributed by atoms with Crippen molar-refractivity contribution in [2.24, 2.45) is 5.41 Å². The topological polar surface area (TPSA) is 90.4 Å². The molecule has 29 heavy (non-hydrogen) atoms. The highest BCUT2D eigenvalue weighted by Gasteiger charge is 2.35. The van der Waals surface area contributed by atoms with Crippen LogP contribution >= 0.6 is 0 Å². The van der Waals surface area contributed by atoms with Gasteiger partial charge in [0.15, 0.2) is 5.78 Å². The van der Waals surface area contributed by atoms with E-state index in [-0.39, 0.29) is 16.9 Å². The van der Waals surface area contributed by atoms with Crippen LogP contribution in [0.5, 0.6) is 0 Å². The normalized spacial score (nSPS) is 16.3. The lowest BCUT2D eigenvalue weighted by Crippen LogP contribution is -2.28. The van der Waals surface area contributed by atoms with Crippen molar-refractivity contribution >= 4 is 49.6 Å². The van der Waals surface area contributed by atoms with Crippen LogP contribution in [0.1, 0.15) is 36.3 Å². The van der Waals surface area contributed by atoms with Gasteiger partial charge in [-0.3, -0.25) is 19.9 Å². The van der Waals surface area contributed by atoms with E-state index in [1.807, 2.05) is 12.1 Å². The third-order valence-electron chi connectivity index (χ3n) is 6.01. The Bertz CT molecular complexity index is 1530. The van der Waals surface area contributed by atoms with E-state index in [0.717, 1.165) is 38.4 Å². The van der Waals surface area contributed by atoms with Crippen molar-refractivity contribution in [2.75, 3.05) is 0 Å². The van der Waals surface area contributed by atoms with Crippen molar-refractivity contribution in [3.05, 3.63) is 57.9 Å². The zero-order chi connectivity index (χ0) is 20.1. The quantitative estimate of drug-likeness (QED) is 0.181. The summed E-state index contributed by atoms with van der Waals surface area (Å²) in [5, 5.41) is 19.2. The SMILES string of the molecule is CC1(C)CC(=O)c2c(nc3ccc4cnn5c6ccc([N+](=O)[O-])cc6c2c3c45)C1. The fraction of sp³-hybridized carbons (Fsp3) is 0.227. The zero-order valence-electron chi connectivity index (χ0n) is 15.9. The number of ketones is 1. The number of non-ortho nitro benzene ring substituents is 1. The van der Waals surface area contributed by atoms with E-state index in [9.17, 15) is 14.9 Å². The molecule has 3 aromatic heterocycles. The molecule has 0 radical (unpaired) electrons. The maximum Gasteiger partial charge on any atom is 0.270 e. The van der Waals surface area contributed by atoms with Crippen molar-refractivity contribution in [1.29, 1.82) is 0 Å². The van der Waals surface area contributed by atoms with Crippen LogP contribution in [0.4, 0.5) is 5.69 Å². The number of pyridine rings is 2. The molecule has 0 amide bonds. The van der Waals surface area contributed by atoms with Crippen molar-refractivity contribution < 1.29 is 9.72 Å². The lowest BCUT2D eigenvalue weighted by atomic mass is 9.74. The number of carbonyl (C=O) groups is 1. The Kier molecular flexibility index (Phi) is 2.85. The summed E-state index contributed by atoms with van der Waals surface area (Å²) in [6.07, 6.45) is 2.90. The number of nitro groups is 1. The van der Waals surface area contributed by atoms with E-state index in [2.05, 4.69) is 18.9 Å². The first kappa shape index (κ1) is 16.4. The highest BCUT2D eigenvalue weighted by Crippen LogP contribution is 2.43. The van der Waals surface area contributed by atoms with E-state index in [4.69, 9.17) is 4.98 Å². The molecule has 7 nitrogen and oxygen atoms in total. The van der Waals surface area contributed by atoms with E-state index >= 15 is 0 Å². The minimum atomic E-state index is -0.408. The second kappa shape index (κ2) is 5.05. The summed E-state index contributed by atoms with van der Waals surface area (Å²) in [7, 11) is 0. The monoisotopic (exact) mass is 384 g/mol. The molecular weight excluding hydrogens is 368 g/mol. The van der Waals surface area contributed by atoms with Gasteiger partial charge in [-0.05, 0) is 30.0 Å². The summed E-state index contributed by atoms with van der Waals surface area (Å²) in [4.78, 5) is 29.2. The molecule has 0 unspecified atom stereocenters. The Morgan fingerprint density at radius 1 is 1.14 bits per heavy atom. The smallest absolute Gasteiger partial charge is 0.270 e. The molecule has 0 fully saturated rings. The average Bonchev–Trinajstić information content (AvgIpc) is 3.09. The highest BCUT2D eigenvalue weighted by molar-refractivity contribution is 6.28. The summed E-state index contributed by atoms with van der Waals surface area (Å²) >= 11 is 0. The van der Waals surface area contributed by atoms with E-state index in [1.165, 1.54) is 6.07 Å². The number of nitrogens with zero attached hydrogens (tertiary/aromatic N) is 4. The summed E-state index contributed by atoms with van der Waals surface area (Å²) in [5.74, 6) is 0.0445. The molecule has 3 heterocycles.